The molecule has 2 aromatic heterocycles. The monoisotopic (exact) mass is 827 g/mol. The summed E-state index contributed by atoms with van der Waals surface area (Å²) in [5.74, 6) is 1.10. The number of hydrogen-bond donors (Lipinski definition) is 4. The molecule has 0 spiro atoms. The van der Waals surface area contributed by atoms with Crippen LogP contribution >= 0.6 is 0 Å². The van der Waals surface area contributed by atoms with Gasteiger partial charge in [0.2, 0.25) is 11.8 Å². The van der Waals surface area contributed by atoms with Gasteiger partial charge in [-0.15, -0.1) is 0 Å². The molecule has 8 atom stereocenters. The zero-order chi connectivity index (χ0) is 42.5. The number of pyridine rings is 2. The molecule has 0 radical (unpaired) electrons. The lowest BCUT2D eigenvalue weighted by Crippen LogP contribution is -2.49. The SMILES string of the molecule is C/C=C/c1ccc2n(c1=O)C[C@H]1[C@H](CO)[C@@H](C(=O)NCCC)N(CC3CCCC3)[C@@H]21.C/C=C\c1ccc2n(c1=O)C[C@H]1[C@H](CO)[C@@H](C(=O)NCCC)N(CC3CCCC3)[C@@H]21. The van der Waals surface area contributed by atoms with Crippen LogP contribution in [0.4, 0.5) is 0 Å². The van der Waals surface area contributed by atoms with Crippen molar-refractivity contribution in [1.29, 1.82) is 0 Å². The number of carbonyl (C=O) groups is 2. The first kappa shape index (κ1) is 44.2. The maximum Gasteiger partial charge on any atom is 0.258 e. The topological polar surface area (TPSA) is 149 Å². The molecular weight excluding hydrogens is 757 g/mol. The molecule has 2 saturated heterocycles. The van der Waals surface area contributed by atoms with Crippen LogP contribution in [0, 0.1) is 35.5 Å². The van der Waals surface area contributed by atoms with Crippen molar-refractivity contribution in [1.82, 2.24) is 29.6 Å². The molecule has 8 rings (SSSR count). The Morgan fingerprint density at radius 2 is 1.03 bits per heavy atom. The van der Waals surface area contributed by atoms with Gasteiger partial charge in [0, 0.05) is 98.7 Å². The number of aromatic nitrogens is 2. The number of aliphatic hydroxyl groups is 2. The summed E-state index contributed by atoms with van der Waals surface area (Å²) in [6.07, 6.45) is 19.1. The zero-order valence-corrected chi connectivity index (χ0v) is 36.4. The van der Waals surface area contributed by atoms with Crippen LogP contribution in [-0.2, 0) is 22.7 Å². The molecule has 0 unspecified atom stereocenters. The predicted molar refractivity (Wildman–Crippen MR) is 236 cm³/mol. The molecular formula is C48H70N6O6. The highest BCUT2D eigenvalue weighted by Gasteiger charge is 2.57. The van der Waals surface area contributed by atoms with Crippen LogP contribution in [0.1, 0.15) is 127 Å². The van der Waals surface area contributed by atoms with Crippen molar-refractivity contribution in [3.63, 3.8) is 0 Å². The molecule has 60 heavy (non-hydrogen) atoms. The molecule has 6 aliphatic rings. The van der Waals surface area contributed by atoms with Crippen LogP contribution in [0.5, 0.6) is 0 Å². The average molecular weight is 827 g/mol. The molecule has 4 N–H and O–H groups in total. The van der Waals surface area contributed by atoms with E-state index < -0.39 is 0 Å². The van der Waals surface area contributed by atoms with E-state index in [1.165, 1.54) is 51.4 Å². The van der Waals surface area contributed by atoms with E-state index in [4.69, 9.17) is 0 Å². The maximum atomic E-state index is 13.2. The second-order valence-electron chi connectivity index (χ2n) is 18.3. The van der Waals surface area contributed by atoms with E-state index in [2.05, 4.69) is 46.4 Å². The Balaban J connectivity index is 0.000000181. The number of fused-ring (bicyclic) bond motifs is 6. The average Bonchev–Trinajstić information content (AvgIpc) is 4.11. The van der Waals surface area contributed by atoms with E-state index in [1.54, 1.807) is 0 Å². The lowest BCUT2D eigenvalue weighted by Gasteiger charge is -2.32. The van der Waals surface area contributed by atoms with E-state index in [9.17, 15) is 29.4 Å². The second kappa shape index (κ2) is 19.9. The fourth-order valence-corrected chi connectivity index (χ4v) is 12.0. The fraction of sp³-hybridized carbons (Fsp3) is 0.667. The molecule has 2 aliphatic carbocycles. The molecule has 2 aromatic rings. The van der Waals surface area contributed by atoms with Gasteiger partial charge in [0.25, 0.3) is 11.1 Å². The number of nitrogens with one attached hydrogen (secondary N) is 2. The van der Waals surface area contributed by atoms with Crippen molar-refractivity contribution in [2.75, 3.05) is 39.4 Å². The van der Waals surface area contributed by atoms with Crippen LogP contribution in [0.25, 0.3) is 12.2 Å². The van der Waals surface area contributed by atoms with E-state index in [0.29, 0.717) is 49.1 Å². The van der Waals surface area contributed by atoms with Crippen LogP contribution in [0.3, 0.4) is 0 Å². The third kappa shape index (κ3) is 8.50. The number of aliphatic hydroxyl groups excluding tert-OH is 2. The summed E-state index contributed by atoms with van der Waals surface area (Å²) in [6.45, 7) is 12.1. The summed E-state index contributed by atoms with van der Waals surface area (Å²) in [6, 6.07) is 7.33. The minimum Gasteiger partial charge on any atom is -0.396 e. The highest BCUT2D eigenvalue weighted by molar-refractivity contribution is 5.83. The first-order valence-corrected chi connectivity index (χ1v) is 23.2. The van der Waals surface area contributed by atoms with Crippen LogP contribution in [-0.4, -0.2) is 92.4 Å². The van der Waals surface area contributed by atoms with Gasteiger partial charge in [0.05, 0.1) is 24.2 Å². The minimum atomic E-state index is -0.323. The van der Waals surface area contributed by atoms with Gasteiger partial charge >= 0.3 is 0 Å². The summed E-state index contributed by atoms with van der Waals surface area (Å²) in [5, 5.41) is 26.8. The smallest absolute Gasteiger partial charge is 0.258 e. The third-order valence-corrected chi connectivity index (χ3v) is 14.7. The number of hydrogen-bond acceptors (Lipinski definition) is 8. The van der Waals surface area contributed by atoms with E-state index >= 15 is 0 Å². The minimum absolute atomic E-state index is 0.0208. The summed E-state index contributed by atoms with van der Waals surface area (Å²) < 4.78 is 3.77. The van der Waals surface area contributed by atoms with Gasteiger partial charge in [0.1, 0.15) is 0 Å². The Morgan fingerprint density at radius 3 is 1.37 bits per heavy atom. The molecule has 328 valence electrons. The molecule has 2 saturated carbocycles. The lowest BCUT2D eigenvalue weighted by molar-refractivity contribution is -0.128. The molecule has 4 fully saturated rings. The van der Waals surface area contributed by atoms with Crippen LogP contribution < -0.4 is 21.8 Å². The molecule has 12 nitrogen and oxygen atoms in total. The predicted octanol–water partition coefficient (Wildman–Crippen LogP) is 5.12. The molecule has 12 heteroatoms. The number of nitrogens with zero attached hydrogens (tertiary/aromatic N) is 4. The second-order valence-corrected chi connectivity index (χ2v) is 18.3. The van der Waals surface area contributed by atoms with Gasteiger partial charge in [-0.3, -0.25) is 29.0 Å². The number of amides is 2. The first-order chi connectivity index (χ1) is 29.2. The van der Waals surface area contributed by atoms with Crippen molar-refractivity contribution >= 4 is 24.0 Å². The Morgan fingerprint density at radius 1 is 0.650 bits per heavy atom. The normalized spacial score (nSPS) is 28.9. The number of allylic oxidation sites excluding steroid dienone is 2. The molecule has 0 aromatic carbocycles. The number of rotatable bonds is 14. The number of likely N-dealkylation sites (tertiary alicyclic amines) is 2. The fourth-order valence-electron chi connectivity index (χ4n) is 12.0. The highest BCUT2D eigenvalue weighted by atomic mass is 16.3. The van der Waals surface area contributed by atoms with Crippen LogP contribution in [0.2, 0.25) is 0 Å². The van der Waals surface area contributed by atoms with Crippen molar-refractivity contribution < 1.29 is 19.8 Å². The van der Waals surface area contributed by atoms with Crippen molar-refractivity contribution in [2.45, 2.75) is 129 Å². The van der Waals surface area contributed by atoms with E-state index in [1.807, 2.05) is 59.4 Å². The van der Waals surface area contributed by atoms with Gasteiger partial charge in [-0.05, 0) is 88.5 Å². The van der Waals surface area contributed by atoms with E-state index in [0.717, 1.165) is 37.3 Å². The van der Waals surface area contributed by atoms with Crippen molar-refractivity contribution in [3.8, 4) is 0 Å². The van der Waals surface area contributed by atoms with Crippen molar-refractivity contribution in [3.05, 3.63) is 79.6 Å². The Labute approximate surface area is 356 Å². The maximum absolute atomic E-state index is 13.2. The molecule has 2 amide bonds. The summed E-state index contributed by atoms with van der Waals surface area (Å²) in [5.41, 5.74) is 3.46. The van der Waals surface area contributed by atoms with Gasteiger partial charge in [-0.2, -0.15) is 0 Å². The van der Waals surface area contributed by atoms with Gasteiger partial charge in [-0.25, -0.2) is 0 Å². The first-order valence-electron chi connectivity index (χ1n) is 23.2. The molecule has 4 aliphatic heterocycles. The van der Waals surface area contributed by atoms with E-state index in [-0.39, 0.29) is 84.0 Å². The zero-order valence-electron chi connectivity index (χ0n) is 36.4. The highest BCUT2D eigenvalue weighted by Crippen LogP contribution is 2.51. The summed E-state index contributed by atoms with van der Waals surface area (Å²) in [7, 11) is 0. The quantitative estimate of drug-likeness (QED) is 0.205. The third-order valence-electron chi connectivity index (χ3n) is 14.7. The lowest BCUT2D eigenvalue weighted by atomic mass is 9.88. The Kier molecular flexibility index (Phi) is 14.7. The van der Waals surface area contributed by atoms with Crippen LogP contribution in [0.15, 0.2) is 46.0 Å². The summed E-state index contributed by atoms with van der Waals surface area (Å²) >= 11 is 0. The van der Waals surface area contributed by atoms with Gasteiger partial charge in [0.15, 0.2) is 0 Å². The van der Waals surface area contributed by atoms with Gasteiger partial charge < -0.3 is 30.0 Å². The Bertz CT molecular complexity index is 1850. The molecule has 6 heterocycles. The van der Waals surface area contributed by atoms with Gasteiger partial charge in [-0.1, -0.05) is 63.8 Å². The standard InChI is InChI=1S/2C24H35N3O3/c2*1-3-7-17-10-11-20-21-18(14-26(20)24(17)30)19(15-28)22(23(29)25-12-4-2)27(21)13-16-8-5-6-9-16/h2*3,7,10-11,16,18-19,21-22,28H,4-6,8-9,12-15H2,1-2H3,(H,25,29)/b7-3+;7-3-/t2*18-,19-,21+,22-/m00/s1. The number of carbonyl (C=O) groups excluding carboxylic acids is 2. The summed E-state index contributed by atoms with van der Waals surface area (Å²) in [4.78, 5) is 57.1. The van der Waals surface area contributed by atoms with Crippen molar-refractivity contribution in [2.24, 2.45) is 35.5 Å². The molecule has 0 bridgehead atoms. The largest absolute Gasteiger partial charge is 0.396 e. The Hall–Kier alpha value is -3.84.